The molecule has 0 aliphatic rings. The van der Waals surface area contributed by atoms with Crippen molar-refractivity contribution in [3.63, 3.8) is 0 Å². The summed E-state index contributed by atoms with van der Waals surface area (Å²) in [5.74, 6) is 1.03. The van der Waals surface area contributed by atoms with E-state index in [0.29, 0.717) is 37.1 Å². The number of nitrogens with one attached hydrogen (secondary N) is 2. The Morgan fingerprint density at radius 3 is 2.31 bits per heavy atom. The van der Waals surface area contributed by atoms with Gasteiger partial charge in [-0.2, -0.15) is 0 Å². The number of hydrogen-bond acceptors (Lipinski definition) is 4. The summed E-state index contributed by atoms with van der Waals surface area (Å²) in [6, 6.07) is 8.39. The van der Waals surface area contributed by atoms with Crippen LogP contribution in [0.2, 0.25) is 0 Å². The third kappa shape index (κ3) is 9.43. The molecule has 1 amide bonds. The fourth-order valence-corrected chi connectivity index (χ4v) is 2.67. The van der Waals surface area contributed by atoms with Crippen LogP contribution in [0.1, 0.15) is 12.5 Å². The van der Waals surface area contributed by atoms with Gasteiger partial charge in [0.2, 0.25) is 5.91 Å². The van der Waals surface area contributed by atoms with Gasteiger partial charge in [-0.25, -0.2) is 0 Å². The van der Waals surface area contributed by atoms with Crippen molar-refractivity contribution in [3.05, 3.63) is 42.0 Å². The van der Waals surface area contributed by atoms with Crippen molar-refractivity contribution < 1.29 is 9.53 Å². The van der Waals surface area contributed by atoms with E-state index in [-0.39, 0.29) is 5.91 Å². The van der Waals surface area contributed by atoms with Gasteiger partial charge in [0, 0.05) is 55.7 Å². The van der Waals surface area contributed by atoms with Crippen molar-refractivity contribution >= 4 is 34.8 Å². The van der Waals surface area contributed by atoms with E-state index in [1.807, 2.05) is 0 Å². The van der Waals surface area contributed by atoms with E-state index in [1.54, 1.807) is 6.92 Å². The SMILES string of the molecule is C=C(C)C(=O)NCCOCCNCc1ccc(N(CCCl)CCCl)cc1. The minimum Gasteiger partial charge on any atom is -0.378 e. The lowest BCUT2D eigenvalue weighted by molar-refractivity contribution is -0.117. The summed E-state index contributed by atoms with van der Waals surface area (Å²) in [4.78, 5) is 13.5. The molecule has 0 aliphatic carbocycles. The van der Waals surface area contributed by atoms with E-state index in [2.05, 4.69) is 46.4 Å². The Bertz CT molecular complexity index is 532. The Labute approximate surface area is 166 Å². The van der Waals surface area contributed by atoms with Crippen molar-refractivity contribution in [1.29, 1.82) is 0 Å². The lowest BCUT2D eigenvalue weighted by atomic mass is 10.2. The number of hydrogen-bond donors (Lipinski definition) is 2. The predicted octanol–water partition coefficient (Wildman–Crippen LogP) is 2.77. The zero-order valence-electron chi connectivity index (χ0n) is 15.4. The van der Waals surface area contributed by atoms with Crippen LogP contribution in [0, 0.1) is 0 Å². The van der Waals surface area contributed by atoms with Gasteiger partial charge in [-0.3, -0.25) is 4.79 Å². The van der Waals surface area contributed by atoms with E-state index in [1.165, 1.54) is 5.56 Å². The summed E-state index contributed by atoms with van der Waals surface area (Å²) in [6.07, 6.45) is 0. The first-order valence-electron chi connectivity index (χ1n) is 8.76. The second-order valence-corrected chi connectivity index (χ2v) is 6.61. The maximum absolute atomic E-state index is 11.3. The van der Waals surface area contributed by atoms with Gasteiger partial charge in [0.1, 0.15) is 0 Å². The molecule has 0 radical (unpaired) electrons. The predicted molar refractivity (Wildman–Crippen MR) is 110 cm³/mol. The molecule has 0 saturated heterocycles. The Hall–Kier alpha value is -1.27. The van der Waals surface area contributed by atoms with Crippen molar-refractivity contribution in [3.8, 4) is 0 Å². The molecule has 2 N–H and O–H groups in total. The Morgan fingerprint density at radius 2 is 1.73 bits per heavy atom. The zero-order chi connectivity index (χ0) is 19.2. The lowest BCUT2D eigenvalue weighted by Crippen LogP contribution is -2.28. The summed E-state index contributed by atoms with van der Waals surface area (Å²) in [6.45, 7) is 9.95. The van der Waals surface area contributed by atoms with Crippen LogP contribution in [0.5, 0.6) is 0 Å². The number of benzene rings is 1. The number of ether oxygens (including phenoxy) is 1. The molecular formula is C19H29Cl2N3O2. The second kappa shape index (κ2) is 13.9. The number of alkyl halides is 2. The third-order valence-electron chi connectivity index (χ3n) is 3.68. The lowest BCUT2D eigenvalue weighted by Gasteiger charge is -2.23. The molecule has 0 aromatic heterocycles. The molecule has 7 heteroatoms. The number of carbonyl (C=O) groups excluding carboxylic acids is 1. The van der Waals surface area contributed by atoms with E-state index >= 15 is 0 Å². The van der Waals surface area contributed by atoms with E-state index < -0.39 is 0 Å². The quantitative estimate of drug-likeness (QED) is 0.286. The third-order valence-corrected chi connectivity index (χ3v) is 4.02. The number of halogens is 2. The topological polar surface area (TPSA) is 53.6 Å². The Kier molecular flexibility index (Phi) is 12.1. The largest absolute Gasteiger partial charge is 0.378 e. The Morgan fingerprint density at radius 1 is 1.12 bits per heavy atom. The van der Waals surface area contributed by atoms with Crippen LogP contribution >= 0.6 is 23.2 Å². The van der Waals surface area contributed by atoms with Crippen LogP contribution in [0.3, 0.4) is 0 Å². The van der Waals surface area contributed by atoms with Crippen LogP contribution in [0.15, 0.2) is 36.4 Å². The van der Waals surface area contributed by atoms with E-state index in [4.69, 9.17) is 27.9 Å². The first-order chi connectivity index (χ1) is 12.6. The molecule has 0 spiro atoms. The highest BCUT2D eigenvalue weighted by atomic mass is 35.5. The molecule has 1 rings (SSSR count). The van der Waals surface area contributed by atoms with Gasteiger partial charge in [-0.15, -0.1) is 23.2 Å². The van der Waals surface area contributed by atoms with Crippen LogP contribution < -0.4 is 15.5 Å². The van der Waals surface area contributed by atoms with E-state index in [9.17, 15) is 4.79 Å². The highest BCUT2D eigenvalue weighted by Crippen LogP contribution is 2.15. The monoisotopic (exact) mass is 401 g/mol. The van der Waals surface area contributed by atoms with Gasteiger partial charge >= 0.3 is 0 Å². The average molecular weight is 402 g/mol. The first kappa shape index (κ1) is 22.8. The van der Waals surface area contributed by atoms with Gasteiger partial charge in [0.25, 0.3) is 0 Å². The van der Waals surface area contributed by atoms with Crippen LogP contribution in [-0.2, 0) is 16.1 Å². The smallest absolute Gasteiger partial charge is 0.246 e. The molecule has 1 aromatic carbocycles. The molecule has 0 heterocycles. The molecule has 0 bridgehead atoms. The molecule has 0 saturated carbocycles. The van der Waals surface area contributed by atoms with Crippen LogP contribution in [0.25, 0.3) is 0 Å². The molecule has 0 fully saturated rings. The standard InChI is InChI=1S/C19H29Cl2N3O2/c1-16(2)19(25)23-10-14-26-13-9-22-15-17-3-5-18(6-4-17)24(11-7-20)12-8-21/h3-6,22H,1,7-15H2,2H3,(H,23,25). The minimum atomic E-state index is -0.133. The molecular weight excluding hydrogens is 373 g/mol. The molecule has 5 nitrogen and oxygen atoms in total. The van der Waals surface area contributed by atoms with Crippen molar-refractivity contribution in [2.75, 3.05) is 56.1 Å². The number of anilines is 1. The fourth-order valence-electron chi connectivity index (χ4n) is 2.27. The van der Waals surface area contributed by atoms with Gasteiger partial charge in [0.05, 0.1) is 13.2 Å². The zero-order valence-corrected chi connectivity index (χ0v) is 16.9. The van der Waals surface area contributed by atoms with Crippen LogP contribution in [-0.4, -0.2) is 57.1 Å². The molecule has 26 heavy (non-hydrogen) atoms. The molecule has 1 aromatic rings. The molecule has 0 unspecified atom stereocenters. The summed E-state index contributed by atoms with van der Waals surface area (Å²) in [5.41, 5.74) is 2.85. The summed E-state index contributed by atoms with van der Waals surface area (Å²) < 4.78 is 5.47. The summed E-state index contributed by atoms with van der Waals surface area (Å²) >= 11 is 11.7. The maximum atomic E-state index is 11.3. The number of nitrogens with zero attached hydrogens (tertiary/aromatic N) is 1. The summed E-state index contributed by atoms with van der Waals surface area (Å²) in [7, 11) is 0. The van der Waals surface area contributed by atoms with Crippen molar-refractivity contribution in [1.82, 2.24) is 10.6 Å². The second-order valence-electron chi connectivity index (χ2n) is 5.86. The van der Waals surface area contributed by atoms with E-state index in [0.717, 1.165) is 31.9 Å². The van der Waals surface area contributed by atoms with Gasteiger partial charge in [0.15, 0.2) is 0 Å². The number of carbonyl (C=O) groups is 1. The minimum absolute atomic E-state index is 0.133. The van der Waals surface area contributed by atoms with Gasteiger partial charge in [-0.05, 0) is 24.6 Å². The van der Waals surface area contributed by atoms with Crippen molar-refractivity contribution in [2.24, 2.45) is 0 Å². The van der Waals surface area contributed by atoms with Crippen LogP contribution in [0.4, 0.5) is 5.69 Å². The maximum Gasteiger partial charge on any atom is 0.246 e. The molecule has 146 valence electrons. The fraction of sp³-hybridized carbons (Fsp3) is 0.526. The normalized spacial score (nSPS) is 10.6. The highest BCUT2D eigenvalue weighted by Gasteiger charge is 2.05. The van der Waals surface area contributed by atoms with Gasteiger partial charge < -0.3 is 20.3 Å². The average Bonchev–Trinajstić information content (AvgIpc) is 2.64. The number of rotatable bonds is 14. The highest BCUT2D eigenvalue weighted by molar-refractivity contribution is 6.18. The number of amides is 1. The van der Waals surface area contributed by atoms with Crippen molar-refractivity contribution in [2.45, 2.75) is 13.5 Å². The summed E-state index contributed by atoms with van der Waals surface area (Å²) in [5, 5.41) is 6.06. The molecule has 0 aliphatic heterocycles. The molecule has 0 atom stereocenters. The first-order valence-corrected chi connectivity index (χ1v) is 9.83. The Balaban J connectivity index is 2.17. The van der Waals surface area contributed by atoms with Gasteiger partial charge in [-0.1, -0.05) is 18.7 Å².